The number of para-hydroxylation sites is 1. The number of hydrogen-bond donors (Lipinski definition) is 1. The second-order valence-electron chi connectivity index (χ2n) is 3.29. The van der Waals surface area contributed by atoms with Crippen LogP contribution in [0.3, 0.4) is 0 Å². The quantitative estimate of drug-likeness (QED) is 0.550. The van der Waals surface area contributed by atoms with Crippen molar-refractivity contribution in [2.24, 2.45) is 0 Å². The number of carbonyl (C=O) groups is 2. The Labute approximate surface area is 90.6 Å². The molecule has 2 rings (SSSR count). The van der Waals surface area contributed by atoms with Gasteiger partial charge in [0.25, 0.3) is 11.8 Å². The van der Waals surface area contributed by atoms with Crippen molar-refractivity contribution in [3.63, 3.8) is 0 Å². The molecule has 0 saturated carbocycles. The molecule has 0 bridgehead atoms. The van der Waals surface area contributed by atoms with E-state index in [1.807, 2.05) is 0 Å². The first-order valence-electron chi connectivity index (χ1n) is 4.59. The number of halogens is 1. The Bertz CT molecular complexity index is 425. The van der Waals surface area contributed by atoms with E-state index in [1.165, 1.54) is 12.1 Å². The molecule has 1 aliphatic rings. The summed E-state index contributed by atoms with van der Waals surface area (Å²) in [6.45, 7) is -0.501. The zero-order valence-corrected chi connectivity index (χ0v) is 8.27. The van der Waals surface area contributed by atoms with E-state index >= 15 is 0 Å². The minimum Gasteiger partial charge on any atom is -0.397 e. The van der Waals surface area contributed by atoms with Gasteiger partial charge in [0.2, 0.25) is 0 Å². The Morgan fingerprint density at radius 2 is 1.88 bits per heavy atom. The number of nitrogens with zero attached hydrogens (tertiary/aromatic N) is 1. The summed E-state index contributed by atoms with van der Waals surface area (Å²) in [5, 5.41) is 0. The molecular weight excluding hydrogens is 215 g/mol. The highest BCUT2D eigenvalue weighted by atomic mass is 19.1. The number of carbonyl (C=O) groups excluding carboxylic acids is 2. The number of hydrogen-bond acceptors (Lipinski definition) is 4. The summed E-state index contributed by atoms with van der Waals surface area (Å²) in [6.07, 6.45) is 0. The third-order valence-corrected chi connectivity index (χ3v) is 2.19. The lowest BCUT2D eigenvalue weighted by molar-refractivity contribution is -0.138. The molecule has 0 unspecified atom stereocenters. The molecule has 16 heavy (non-hydrogen) atoms. The van der Waals surface area contributed by atoms with Crippen molar-refractivity contribution in [3.8, 4) is 0 Å². The molecule has 0 spiro atoms. The number of amides is 2. The van der Waals surface area contributed by atoms with Crippen LogP contribution in [0, 0.1) is 5.82 Å². The van der Waals surface area contributed by atoms with Gasteiger partial charge >= 0.3 is 0 Å². The van der Waals surface area contributed by atoms with Gasteiger partial charge in [0.1, 0.15) is 24.7 Å². The van der Waals surface area contributed by atoms with E-state index in [0.29, 0.717) is 0 Å². The predicted octanol–water partition coefficient (Wildman–Crippen LogP) is 0.298. The van der Waals surface area contributed by atoms with Gasteiger partial charge in [-0.3, -0.25) is 9.59 Å². The molecule has 0 atom stereocenters. The third kappa shape index (κ3) is 1.63. The fraction of sp³-hybridized carbons (Fsp3) is 0.200. The standard InChI is InChI=1S/C10H9FN2O3/c11-6-2-1-3-7(12)10(6)13-8(14)4-16-5-9(13)15/h1-3H,4-5,12H2. The van der Waals surface area contributed by atoms with E-state index in [4.69, 9.17) is 10.5 Å². The molecule has 1 aromatic rings. The summed E-state index contributed by atoms with van der Waals surface area (Å²) in [5.41, 5.74) is 5.40. The van der Waals surface area contributed by atoms with Gasteiger partial charge in [0.15, 0.2) is 0 Å². The highest BCUT2D eigenvalue weighted by molar-refractivity contribution is 6.18. The van der Waals surface area contributed by atoms with Gasteiger partial charge < -0.3 is 10.5 Å². The normalized spacial score (nSPS) is 16.7. The second kappa shape index (κ2) is 3.90. The zero-order valence-electron chi connectivity index (χ0n) is 8.27. The molecule has 1 heterocycles. The number of anilines is 2. The predicted molar refractivity (Wildman–Crippen MR) is 54.1 cm³/mol. The average Bonchev–Trinajstić information content (AvgIpc) is 2.21. The molecule has 0 aromatic heterocycles. The molecule has 2 amide bonds. The molecular formula is C10H9FN2O3. The van der Waals surface area contributed by atoms with Crippen molar-refractivity contribution >= 4 is 23.2 Å². The maximum atomic E-state index is 13.5. The average molecular weight is 224 g/mol. The van der Waals surface area contributed by atoms with Crippen LogP contribution in [0.15, 0.2) is 18.2 Å². The molecule has 5 nitrogen and oxygen atoms in total. The molecule has 0 aliphatic carbocycles. The lowest BCUT2D eigenvalue weighted by atomic mass is 10.2. The van der Waals surface area contributed by atoms with E-state index in [9.17, 15) is 14.0 Å². The summed E-state index contributed by atoms with van der Waals surface area (Å²) in [6, 6.07) is 3.97. The van der Waals surface area contributed by atoms with Crippen LogP contribution < -0.4 is 10.6 Å². The van der Waals surface area contributed by atoms with Gasteiger partial charge in [0.05, 0.1) is 5.69 Å². The number of ether oxygens (including phenoxy) is 1. The van der Waals surface area contributed by atoms with E-state index in [0.717, 1.165) is 11.0 Å². The Morgan fingerprint density at radius 1 is 1.25 bits per heavy atom. The van der Waals surface area contributed by atoms with Crippen LogP contribution in [0.2, 0.25) is 0 Å². The minimum atomic E-state index is -0.705. The molecule has 1 fully saturated rings. The van der Waals surface area contributed by atoms with Gasteiger partial charge in [-0.2, -0.15) is 0 Å². The number of rotatable bonds is 1. The van der Waals surface area contributed by atoms with Crippen LogP contribution in [0.25, 0.3) is 0 Å². The van der Waals surface area contributed by atoms with E-state index < -0.39 is 17.6 Å². The van der Waals surface area contributed by atoms with E-state index in [2.05, 4.69) is 0 Å². The van der Waals surface area contributed by atoms with Gasteiger partial charge in [0, 0.05) is 0 Å². The molecule has 1 aliphatic heterocycles. The fourth-order valence-corrected chi connectivity index (χ4v) is 1.51. The summed E-state index contributed by atoms with van der Waals surface area (Å²) in [4.78, 5) is 23.7. The largest absolute Gasteiger partial charge is 0.397 e. The summed E-state index contributed by atoms with van der Waals surface area (Å²) < 4.78 is 18.2. The van der Waals surface area contributed by atoms with Gasteiger partial charge in [-0.05, 0) is 12.1 Å². The van der Waals surface area contributed by atoms with Gasteiger partial charge in [-0.15, -0.1) is 0 Å². The van der Waals surface area contributed by atoms with Gasteiger partial charge in [-0.1, -0.05) is 6.07 Å². The minimum absolute atomic E-state index is 0.0450. The fourth-order valence-electron chi connectivity index (χ4n) is 1.51. The maximum absolute atomic E-state index is 13.5. The SMILES string of the molecule is Nc1cccc(F)c1N1C(=O)COCC1=O. The Balaban J connectivity index is 2.49. The topological polar surface area (TPSA) is 72.6 Å². The van der Waals surface area contributed by atoms with Crippen LogP contribution in [0.5, 0.6) is 0 Å². The van der Waals surface area contributed by atoms with Crippen LogP contribution in [-0.2, 0) is 14.3 Å². The molecule has 1 saturated heterocycles. The van der Waals surface area contributed by atoms with Crippen molar-refractivity contribution in [2.75, 3.05) is 23.8 Å². The van der Waals surface area contributed by atoms with Crippen molar-refractivity contribution < 1.29 is 18.7 Å². The van der Waals surface area contributed by atoms with Crippen LogP contribution in [-0.4, -0.2) is 25.0 Å². The summed E-state index contributed by atoms with van der Waals surface area (Å²) in [5.74, 6) is -1.94. The first kappa shape index (κ1) is 10.6. The molecule has 6 heteroatoms. The van der Waals surface area contributed by atoms with Crippen LogP contribution in [0.1, 0.15) is 0 Å². The number of benzene rings is 1. The van der Waals surface area contributed by atoms with E-state index in [-0.39, 0.29) is 24.6 Å². The highest BCUT2D eigenvalue weighted by Gasteiger charge is 2.31. The molecule has 0 radical (unpaired) electrons. The molecule has 84 valence electrons. The zero-order chi connectivity index (χ0) is 11.7. The van der Waals surface area contributed by atoms with Crippen molar-refractivity contribution in [3.05, 3.63) is 24.0 Å². The maximum Gasteiger partial charge on any atom is 0.260 e. The number of morpholine rings is 1. The van der Waals surface area contributed by atoms with E-state index in [1.54, 1.807) is 0 Å². The Hall–Kier alpha value is -1.95. The van der Waals surface area contributed by atoms with Gasteiger partial charge in [-0.25, -0.2) is 9.29 Å². The molecule has 1 aromatic carbocycles. The third-order valence-electron chi connectivity index (χ3n) is 2.19. The first-order valence-corrected chi connectivity index (χ1v) is 4.59. The molecule has 2 N–H and O–H groups in total. The number of nitrogen functional groups attached to an aromatic ring is 1. The van der Waals surface area contributed by atoms with Crippen molar-refractivity contribution in [1.82, 2.24) is 0 Å². The van der Waals surface area contributed by atoms with Crippen molar-refractivity contribution in [2.45, 2.75) is 0 Å². The lowest BCUT2D eigenvalue weighted by Crippen LogP contribution is -2.47. The monoisotopic (exact) mass is 224 g/mol. The highest BCUT2D eigenvalue weighted by Crippen LogP contribution is 2.27. The number of nitrogens with two attached hydrogens (primary N) is 1. The summed E-state index contributed by atoms with van der Waals surface area (Å²) >= 11 is 0. The van der Waals surface area contributed by atoms with Crippen LogP contribution >= 0.6 is 0 Å². The van der Waals surface area contributed by atoms with Crippen molar-refractivity contribution in [1.29, 1.82) is 0 Å². The smallest absolute Gasteiger partial charge is 0.260 e. The second-order valence-corrected chi connectivity index (χ2v) is 3.29. The summed E-state index contributed by atoms with van der Waals surface area (Å²) in [7, 11) is 0. The number of imide groups is 1. The Kier molecular flexibility index (Phi) is 2.57. The first-order chi connectivity index (χ1) is 7.61. The van der Waals surface area contributed by atoms with Crippen LogP contribution in [0.4, 0.5) is 15.8 Å². The Morgan fingerprint density at radius 3 is 2.44 bits per heavy atom. The lowest BCUT2D eigenvalue weighted by Gasteiger charge is -2.26.